The highest BCUT2D eigenvalue weighted by atomic mass is 16.2. The number of aliphatic hydroxyl groups excluding tert-OH is 1. The van der Waals surface area contributed by atoms with Gasteiger partial charge in [-0.25, -0.2) is 0 Å². The maximum absolute atomic E-state index is 8.64. The Labute approximate surface area is 63.4 Å². The molecule has 1 saturated carbocycles. The normalized spacial score (nSPS) is 22.2. The van der Waals surface area contributed by atoms with Gasteiger partial charge in [0, 0.05) is 6.61 Å². The first kappa shape index (κ1) is 8.06. The van der Waals surface area contributed by atoms with Crippen molar-refractivity contribution in [2.75, 3.05) is 6.61 Å². The van der Waals surface area contributed by atoms with E-state index in [0.29, 0.717) is 12.0 Å². The fourth-order valence-electron chi connectivity index (χ4n) is 1.91. The van der Waals surface area contributed by atoms with Crippen molar-refractivity contribution < 1.29 is 5.11 Å². The summed E-state index contributed by atoms with van der Waals surface area (Å²) < 4.78 is 0. The van der Waals surface area contributed by atoms with E-state index in [0.717, 1.165) is 6.42 Å². The lowest BCUT2D eigenvalue weighted by Crippen LogP contribution is -2.28. The molecule has 1 rings (SSSR count). The highest BCUT2D eigenvalue weighted by Crippen LogP contribution is 2.47. The molecular formula is C9H18O. The zero-order valence-corrected chi connectivity index (χ0v) is 6.90. The van der Waals surface area contributed by atoms with Crippen LogP contribution in [0.2, 0.25) is 0 Å². The molecule has 0 unspecified atom stereocenters. The average Bonchev–Trinajstić information content (AvgIpc) is 1.87. The van der Waals surface area contributed by atoms with E-state index >= 15 is 0 Å². The predicted molar refractivity (Wildman–Crippen MR) is 42.9 cm³/mol. The molecule has 0 radical (unpaired) electrons. The van der Waals surface area contributed by atoms with Crippen molar-refractivity contribution in [1.29, 1.82) is 0 Å². The molecule has 0 spiro atoms. The topological polar surface area (TPSA) is 20.2 Å². The summed E-state index contributed by atoms with van der Waals surface area (Å²) in [4.78, 5) is 0. The SMILES string of the molecule is CCC1(CCCO)CCC1. The van der Waals surface area contributed by atoms with Gasteiger partial charge in [0.1, 0.15) is 0 Å². The van der Waals surface area contributed by atoms with Crippen molar-refractivity contribution in [3.05, 3.63) is 0 Å². The first-order chi connectivity index (χ1) is 4.83. The minimum Gasteiger partial charge on any atom is -0.396 e. The molecule has 0 aromatic rings. The van der Waals surface area contributed by atoms with Gasteiger partial charge in [0.15, 0.2) is 0 Å². The van der Waals surface area contributed by atoms with Gasteiger partial charge in [-0.05, 0) is 31.1 Å². The van der Waals surface area contributed by atoms with Crippen LogP contribution in [0.4, 0.5) is 0 Å². The predicted octanol–water partition coefficient (Wildman–Crippen LogP) is 2.34. The van der Waals surface area contributed by atoms with E-state index in [1.807, 2.05) is 0 Å². The summed E-state index contributed by atoms with van der Waals surface area (Å²) in [6.45, 7) is 2.65. The molecule has 1 aliphatic rings. The molecule has 1 aliphatic carbocycles. The van der Waals surface area contributed by atoms with Crippen LogP contribution in [0.5, 0.6) is 0 Å². The molecule has 0 heterocycles. The summed E-state index contributed by atoms with van der Waals surface area (Å²) in [5, 5.41) is 8.64. The highest BCUT2D eigenvalue weighted by molar-refractivity contribution is 4.85. The molecule has 0 saturated heterocycles. The zero-order chi connectivity index (χ0) is 7.45. The minimum absolute atomic E-state index is 0.377. The van der Waals surface area contributed by atoms with E-state index in [1.54, 1.807) is 0 Å². The summed E-state index contributed by atoms with van der Waals surface area (Å²) in [5.41, 5.74) is 0.655. The van der Waals surface area contributed by atoms with Gasteiger partial charge in [-0.3, -0.25) is 0 Å². The van der Waals surface area contributed by atoms with Gasteiger partial charge >= 0.3 is 0 Å². The second-order valence-corrected chi connectivity index (χ2v) is 3.53. The van der Waals surface area contributed by atoms with E-state index in [9.17, 15) is 0 Å². The fraction of sp³-hybridized carbons (Fsp3) is 1.00. The minimum atomic E-state index is 0.377. The van der Waals surface area contributed by atoms with Crippen LogP contribution in [0.3, 0.4) is 0 Å². The fourth-order valence-corrected chi connectivity index (χ4v) is 1.91. The Morgan fingerprint density at radius 2 is 2.10 bits per heavy atom. The number of aliphatic hydroxyl groups is 1. The Balaban J connectivity index is 2.20. The van der Waals surface area contributed by atoms with Crippen LogP contribution in [0, 0.1) is 5.41 Å². The van der Waals surface area contributed by atoms with E-state index < -0.39 is 0 Å². The average molecular weight is 142 g/mol. The van der Waals surface area contributed by atoms with E-state index in [2.05, 4.69) is 6.92 Å². The van der Waals surface area contributed by atoms with Crippen molar-refractivity contribution in [1.82, 2.24) is 0 Å². The molecule has 0 aromatic carbocycles. The summed E-state index contributed by atoms with van der Waals surface area (Å²) in [7, 11) is 0. The second kappa shape index (κ2) is 3.38. The monoisotopic (exact) mass is 142 g/mol. The Bertz CT molecular complexity index is 89.4. The quantitative estimate of drug-likeness (QED) is 0.638. The number of hydrogen-bond donors (Lipinski definition) is 1. The molecular weight excluding hydrogens is 124 g/mol. The van der Waals surface area contributed by atoms with Crippen molar-refractivity contribution in [2.45, 2.75) is 45.4 Å². The Hall–Kier alpha value is -0.0400. The van der Waals surface area contributed by atoms with Gasteiger partial charge in [-0.2, -0.15) is 0 Å². The van der Waals surface area contributed by atoms with Gasteiger partial charge in [0.2, 0.25) is 0 Å². The Morgan fingerprint density at radius 1 is 1.40 bits per heavy atom. The van der Waals surface area contributed by atoms with E-state index in [1.165, 1.54) is 32.1 Å². The van der Waals surface area contributed by atoms with Crippen LogP contribution >= 0.6 is 0 Å². The lowest BCUT2D eigenvalue weighted by molar-refractivity contribution is 0.1000. The summed E-state index contributed by atoms with van der Waals surface area (Å²) in [6, 6.07) is 0. The molecule has 1 fully saturated rings. The van der Waals surface area contributed by atoms with Gasteiger partial charge < -0.3 is 5.11 Å². The molecule has 1 N–H and O–H groups in total. The largest absolute Gasteiger partial charge is 0.396 e. The van der Waals surface area contributed by atoms with E-state index in [4.69, 9.17) is 5.11 Å². The summed E-state index contributed by atoms with van der Waals surface area (Å²) in [6.07, 6.45) is 7.80. The van der Waals surface area contributed by atoms with Crippen LogP contribution in [-0.2, 0) is 0 Å². The van der Waals surface area contributed by atoms with Crippen LogP contribution < -0.4 is 0 Å². The van der Waals surface area contributed by atoms with Gasteiger partial charge in [0.25, 0.3) is 0 Å². The third kappa shape index (κ3) is 1.51. The third-order valence-electron chi connectivity index (χ3n) is 3.03. The standard InChI is InChI=1S/C9H18O/c1-2-9(5-3-6-9)7-4-8-10/h10H,2-8H2,1H3. The number of rotatable bonds is 4. The van der Waals surface area contributed by atoms with Gasteiger partial charge in [0.05, 0.1) is 0 Å². The lowest BCUT2D eigenvalue weighted by atomic mass is 9.64. The first-order valence-corrected chi connectivity index (χ1v) is 4.44. The maximum atomic E-state index is 8.64. The molecule has 0 aliphatic heterocycles. The zero-order valence-electron chi connectivity index (χ0n) is 6.90. The van der Waals surface area contributed by atoms with Crippen molar-refractivity contribution in [3.63, 3.8) is 0 Å². The van der Waals surface area contributed by atoms with Crippen LogP contribution in [0.15, 0.2) is 0 Å². The van der Waals surface area contributed by atoms with Crippen molar-refractivity contribution in [2.24, 2.45) is 5.41 Å². The summed E-state index contributed by atoms with van der Waals surface area (Å²) >= 11 is 0. The van der Waals surface area contributed by atoms with Crippen LogP contribution in [-0.4, -0.2) is 11.7 Å². The molecule has 1 nitrogen and oxygen atoms in total. The van der Waals surface area contributed by atoms with Crippen LogP contribution in [0.25, 0.3) is 0 Å². The molecule has 60 valence electrons. The highest BCUT2D eigenvalue weighted by Gasteiger charge is 2.33. The molecule has 0 amide bonds. The smallest absolute Gasteiger partial charge is 0.0431 e. The Kier molecular flexibility index (Phi) is 2.72. The molecule has 10 heavy (non-hydrogen) atoms. The van der Waals surface area contributed by atoms with Crippen LogP contribution in [0.1, 0.15) is 45.4 Å². The molecule has 0 aromatic heterocycles. The van der Waals surface area contributed by atoms with Gasteiger partial charge in [-0.15, -0.1) is 0 Å². The maximum Gasteiger partial charge on any atom is 0.0431 e. The second-order valence-electron chi connectivity index (χ2n) is 3.53. The molecule has 0 atom stereocenters. The first-order valence-electron chi connectivity index (χ1n) is 4.44. The molecule has 0 bridgehead atoms. The third-order valence-corrected chi connectivity index (χ3v) is 3.03. The summed E-state index contributed by atoms with van der Waals surface area (Å²) in [5.74, 6) is 0. The Morgan fingerprint density at radius 3 is 2.40 bits per heavy atom. The molecule has 1 heteroatoms. The van der Waals surface area contributed by atoms with Gasteiger partial charge in [-0.1, -0.05) is 19.8 Å². The van der Waals surface area contributed by atoms with E-state index in [-0.39, 0.29) is 0 Å². The van der Waals surface area contributed by atoms with Crippen molar-refractivity contribution in [3.8, 4) is 0 Å². The number of hydrogen-bond acceptors (Lipinski definition) is 1. The lowest BCUT2D eigenvalue weighted by Gasteiger charge is -2.41. The van der Waals surface area contributed by atoms with Crippen molar-refractivity contribution >= 4 is 0 Å².